The van der Waals surface area contributed by atoms with Crippen LogP contribution < -0.4 is 5.32 Å². The van der Waals surface area contributed by atoms with Crippen molar-refractivity contribution < 1.29 is 4.79 Å². The van der Waals surface area contributed by atoms with Gasteiger partial charge in [0, 0.05) is 25.8 Å². The fourth-order valence-electron chi connectivity index (χ4n) is 1.16. The number of rotatable bonds is 4. The summed E-state index contributed by atoms with van der Waals surface area (Å²) in [5.41, 5.74) is 1.46. The standard InChI is InChI=1S/C10H18N4O/c1-8-7-9(12-14(8)4)10(15)11-5-6-13(2)3/h7H,5-6H2,1-4H3,(H,11,15). The molecule has 0 saturated carbocycles. The van der Waals surface area contributed by atoms with Gasteiger partial charge in [0.05, 0.1) is 0 Å². The largest absolute Gasteiger partial charge is 0.349 e. The summed E-state index contributed by atoms with van der Waals surface area (Å²) in [5, 5.41) is 6.91. The lowest BCUT2D eigenvalue weighted by atomic mass is 10.3. The number of likely N-dealkylation sites (N-methyl/N-ethyl adjacent to an activating group) is 1. The fourth-order valence-corrected chi connectivity index (χ4v) is 1.16. The third-order valence-corrected chi connectivity index (χ3v) is 2.19. The zero-order valence-electron chi connectivity index (χ0n) is 9.74. The highest BCUT2D eigenvalue weighted by molar-refractivity contribution is 5.92. The molecule has 5 nitrogen and oxygen atoms in total. The minimum Gasteiger partial charge on any atom is -0.349 e. The van der Waals surface area contributed by atoms with Gasteiger partial charge in [0.15, 0.2) is 0 Å². The van der Waals surface area contributed by atoms with Crippen LogP contribution in [0.4, 0.5) is 0 Å². The summed E-state index contributed by atoms with van der Waals surface area (Å²) in [6.45, 7) is 3.39. The van der Waals surface area contributed by atoms with E-state index in [9.17, 15) is 4.79 Å². The zero-order chi connectivity index (χ0) is 11.4. The summed E-state index contributed by atoms with van der Waals surface area (Å²) in [6.07, 6.45) is 0. The van der Waals surface area contributed by atoms with Crippen LogP contribution in [0.1, 0.15) is 16.2 Å². The van der Waals surface area contributed by atoms with E-state index >= 15 is 0 Å². The highest BCUT2D eigenvalue weighted by atomic mass is 16.1. The van der Waals surface area contributed by atoms with Gasteiger partial charge in [-0.2, -0.15) is 5.10 Å². The van der Waals surface area contributed by atoms with Gasteiger partial charge in [-0.05, 0) is 27.1 Å². The van der Waals surface area contributed by atoms with Crippen LogP contribution in [0.25, 0.3) is 0 Å². The van der Waals surface area contributed by atoms with Gasteiger partial charge in [-0.15, -0.1) is 0 Å². The number of hydrogen-bond donors (Lipinski definition) is 1. The van der Waals surface area contributed by atoms with Gasteiger partial charge in [0.25, 0.3) is 5.91 Å². The molecule has 0 radical (unpaired) electrons. The molecule has 5 heteroatoms. The van der Waals surface area contributed by atoms with E-state index in [1.54, 1.807) is 10.7 Å². The van der Waals surface area contributed by atoms with Crippen molar-refractivity contribution in [2.24, 2.45) is 7.05 Å². The molecule has 0 bridgehead atoms. The molecule has 0 aromatic carbocycles. The number of carbonyl (C=O) groups is 1. The van der Waals surface area contributed by atoms with Gasteiger partial charge in [-0.3, -0.25) is 9.48 Å². The van der Waals surface area contributed by atoms with Crippen LogP contribution in [-0.4, -0.2) is 47.8 Å². The Morgan fingerprint density at radius 2 is 2.27 bits per heavy atom. The molecule has 15 heavy (non-hydrogen) atoms. The Bertz CT molecular complexity index is 324. The summed E-state index contributed by atoms with van der Waals surface area (Å²) in [5.74, 6) is -0.111. The van der Waals surface area contributed by atoms with Crippen LogP contribution in [-0.2, 0) is 7.05 Å². The van der Waals surface area contributed by atoms with Gasteiger partial charge in [0.1, 0.15) is 5.69 Å². The van der Waals surface area contributed by atoms with Crippen molar-refractivity contribution in [3.63, 3.8) is 0 Å². The molecule has 84 valence electrons. The number of nitrogens with one attached hydrogen (secondary N) is 1. The third-order valence-electron chi connectivity index (χ3n) is 2.19. The van der Waals surface area contributed by atoms with Gasteiger partial charge in [-0.1, -0.05) is 0 Å². The maximum absolute atomic E-state index is 11.6. The molecule has 1 rings (SSSR count). The molecular formula is C10H18N4O. The Morgan fingerprint density at radius 1 is 1.60 bits per heavy atom. The van der Waals surface area contributed by atoms with Crippen molar-refractivity contribution in [1.29, 1.82) is 0 Å². The van der Waals surface area contributed by atoms with Gasteiger partial charge in [-0.25, -0.2) is 0 Å². The second-order valence-corrected chi connectivity index (χ2v) is 3.85. The number of aryl methyl sites for hydroxylation is 2. The van der Waals surface area contributed by atoms with Gasteiger partial charge < -0.3 is 10.2 Å². The molecule has 1 aromatic rings. The van der Waals surface area contributed by atoms with E-state index in [1.807, 2.05) is 33.0 Å². The molecule has 0 fully saturated rings. The number of nitrogens with zero attached hydrogens (tertiary/aromatic N) is 3. The lowest BCUT2D eigenvalue weighted by Crippen LogP contribution is -2.31. The highest BCUT2D eigenvalue weighted by Gasteiger charge is 2.09. The van der Waals surface area contributed by atoms with Crippen LogP contribution in [0.2, 0.25) is 0 Å². The van der Waals surface area contributed by atoms with E-state index < -0.39 is 0 Å². The van der Waals surface area contributed by atoms with E-state index in [0.717, 1.165) is 12.2 Å². The first-order valence-corrected chi connectivity index (χ1v) is 4.94. The molecular weight excluding hydrogens is 192 g/mol. The number of hydrogen-bond acceptors (Lipinski definition) is 3. The molecule has 0 unspecified atom stereocenters. The Kier molecular flexibility index (Phi) is 3.85. The van der Waals surface area contributed by atoms with Gasteiger partial charge >= 0.3 is 0 Å². The second-order valence-electron chi connectivity index (χ2n) is 3.85. The van der Waals surface area contributed by atoms with E-state index in [0.29, 0.717) is 12.2 Å². The number of aromatic nitrogens is 2. The molecule has 0 saturated heterocycles. The van der Waals surface area contributed by atoms with Crippen LogP contribution in [0.5, 0.6) is 0 Å². The van der Waals surface area contributed by atoms with E-state index in [4.69, 9.17) is 0 Å². The zero-order valence-corrected chi connectivity index (χ0v) is 9.74. The molecule has 1 heterocycles. The van der Waals surface area contributed by atoms with E-state index in [-0.39, 0.29) is 5.91 Å². The summed E-state index contributed by atoms with van der Waals surface area (Å²) in [7, 11) is 5.76. The summed E-state index contributed by atoms with van der Waals surface area (Å²) in [4.78, 5) is 13.6. The first-order valence-electron chi connectivity index (χ1n) is 4.94. The number of amides is 1. The van der Waals surface area contributed by atoms with Gasteiger partial charge in [0.2, 0.25) is 0 Å². The lowest BCUT2D eigenvalue weighted by molar-refractivity contribution is 0.0945. The molecule has 1 aromatic heterocycles. The van der Waals surface area contributed by atoms with Crippen LogP contribution in [0.3, 0.4) is 0 Å². The summed E-state index contributed by atoms with van der Waals surface area (Å²) < 4.78 is 1.70. The Balaban J connectivity index is 2.47. The molecule has 1 amide bonds. The lowest BCUT2D eigenvalue weighted by Gasteiger charge is -2.09. The first kappa shape index (κ1) is 11.7. The monoisotopic (exact) mass is 210 g/mol. The van der Waals surface area contributed by atoms with E-state index in [2.05, 4.69) is 10.4 Å². The summed E-state index contributed by atoms with van der Waals surface area (Å²) in [6, 6.07) is 1.78. The van der Waals surface area contributed by atoms with Crippen molar-refractivity contribution in [3.05, 3.63) is 17.5 Å². The minimum absolute atomic E-state index is 0.111. The van der Waals surface area contributed by atoms with Crippen LogP contribution in [0, 0.1) is 6.92 Å². The van der Waals surface area contributed by atoms with Crippen molar-refractivity contribution in [2.45, 2.75) is 6.92 Å². The second kappa shape index (κ2) is 4.93. The quantitative estimate of drug-likeness (QED) is 0.762. The van der Waals surface area contributed by atoms with Crippen molar-refractivity contribution in [1.82, 2.24) is 20.0 Å². The molecule has 1 N–H and O–H groups in total. The molecule has 0 aliphatic heterocycles. The third kappa shape index (κ3) is 3.36. The fraction of sp³-hybridized carbons (Fsp3) is 0.600. The molecule has 0 spiro atoms. The number of carbonyl (C=O) groups excluding carboxylic acids is 1. The van der Waals surface area contributed by atoms with Crippen molar-refractivity contribution >= 4 is 5.91 Å². The average molecular weight is 210 g/mol. The van der Waals surface area contributed by atoms with Crippen molar-refractivity contribution in [2.75, 3.05) is 27.2 Å². The SMILES string of the molecule is Cc1cc(C(=O)NCCN(C)C)nn1C. The minimum atomic E-state index is -0.111. The molecule has 0 aliphatic carbocycles. The predicted octanol–water partition coefficient (Wildman–Crippen LogP) is 0.0199. The first-order chi connectivity index (χ1) is 7.00. The Morgan fingerprint density at radius 3 is 2.73 bits per heavy atom. The van der Waals surface area contributed by atoms with Crippen molar-refractivity contribution in [3.8, 4) is 0 Å². The summed E-state index contributed by atoms with van der Waals surface area (Å²) >= 11 is 0. The molecule has 0 atom stereocenters. The molecule has 0 aliphatic rings. The highest BCUT2D eigenvalue weighted by Crippen LogP contribution is 2.00. The smallest absolute Gasteiger partial charge is 0.271 e. The maximum atomic E-state index is 11.6. The van der Waals surface area contributed by atoms with Crippen LogP contribution in [0.15, 0.2) is 6.07 Å². The van der Waals surface area contributed by atoms with Crippen LogP contribution >= 0.6 is 0 Å². The Labute approximate surface area is 90.1 Å². The normalized spacial score (nSPS) is 10.7. The predicted molar refractivity (Wildman–Crippen MR) is 58.8 cm³/mol. The maximum Gasteiger partial charge on any atom is 0.271 e. The Hall–Kier alpha value is -1.36. The average Bonchev–Trinajstić information content (AvgIpc) is 2.46. The topological polar surface area (TPSA) is 50.2 Å². The van der Waals surface area contributed by atoms with E-state index in [1.165, 1.54) is 0 Å².